The summed E-state index contributed by atoms with van der Waals surface area (Å²) in [7, 11) is 0. The summed E-state index contributed by atoms with van der Waals surface area (Å²) < 4.78 is 2.07. The van der Waals surface area contributed by atoms with E-state index in [1.807, 2.05) is 30.5 Å². The first-order valence-electron chi connectivity index (χ1n) is 10.2. The molecule has 0 radical (unpaired) electrons. The lowest BCUT2D eigenvalue weighted by atomic mass is 10.2. The number of nitrogens with zero attached hydrogens (tertiary/aromatic N) is 4. The van der Waals surface area contributed by atoms with E-state index >= 15 is 0 Å². The fourth-order valence-corrected chi connectivity index (χ4v) is 3.23. The Morgan fingerprint density at radius 2 is 1.80 bits per heavy atom. The molecule has 0 aliphatic rings. The lowest BCUT2D eigenvalue weighted by molar-refractivity contribution is 0.658. The molecule has 0 aliphatic carbocycles. The maximum absolute atomic E-state index is 4.78. The van der Waals surface area contributed by atoms with E-state index in [1.165, 1.54) is 16.8 Å². The van der Waals surface area contributed by atoms with Crippen LogP contribution in [-0.4, -0.2) is 33.8 Å². The molecule has 3 aromatic rings. The highest BCUT2D eigenvalue weighted by Gasteiger charge is 2.12. The normalized spacial score (nSPS) is 11.1. The lowest BCUT2D eigenvalue weighted by Gasteiger charge is -2.11. The van der Waals surface area contributed by atoms with Crippen molar-refractivity contribution in [3.63, 3.8) is 0 Å². The van der Waals surface area contributed by atoms with E-state index in [0.29, 0.717) is 6.54 Å². The van der Waals surface area contributed by atoms with E-state index in [4.69, 9.17) is 10.1 Å². The minimum absolute atomic E-state index is 0. The Kier molecular flexibility index (Phi) is 9.79. The summed E-state index contributed by atoms with van der Waals surface area (Å²) in [5.74, 6) is 0.818. The molecular weight excluding hydrogens is 487 g/mol. The third kappa shape index (κ3) is 6.83. The molecule has 0 fully saturated rings. The number of hydrogen-bond acceptors (Lipinski definition) is 3. The van der Waals surface area contributed by atoms with Crippen LogP contribution in [0.5, 0.6) is 0 Å². The molecule has 0 spiro atoms. The number of hydrogen-bond donors (Lipinski definition) is 2. The zero-order valence-corrected chi connectivity index (χ0v) is 20.3. The van der Waals surface area contributed by atoms with E-state index in [-0.39, 0.29) is 24.0 Å². The minimum atomic E-state index is 0. The fourth-order valence-electron chi connectivity index (χ4n) is 3.23. The molecule has 2 heterocycles. The molecule has 160 valence electrons. The van der Waals surface area contributed by atoms with Crippen LogP contribution in [-0.2, 0) is 19.5 Å². The van der Waals surface area contributed by atoms with Crippen molar-refractivity contribution in [1.82, 2.24) is 25.4 Å². The predicted octanol–water partition coefficient (Wildman–Crippen LogP) is 3.86. The van der Waals surface area contributed by atoms with Crippen LogP contribution in [0.2, 0.25) is 0 Å². The van der Waals surface area contributed by atoms with Crippen LogP contribution in [0.4, 0.5) is 0 Å². The summed E-state index contributed by atoms with van der Waals surface area (Å²) in [6.45, 7) is 9.24. The summed E-state index contributed by atoms with van der Waals surface area (Å²) in [5, 5.41) is 11.4. The number of benzene rings is 1. The second-order valence-corrected chi connectivity index (χ2v) is 6.99. The molecule has 2 N–H and O–H groups in total. The molecule has 0 saturated heterocycles. The number of nitrogens with one attached hydrogen (secondary N) is 2. The summed E-state index contributed by atoms with van der Waals surface area (Å²) >= 11 is 0. The summed E-state index contributed by atoms with van der Waals surface area (Å²) in [4.78, 5) is 9.14. The molecule has 1 aromatic carbocycles. The maximum Gasteiger partial charge on any atom is 0.191 e. The summed E-state index contributed by atoms with van der Waals surface area (Å²) in [6.07, 6.45) is 2.69. The smallest absolute Gasteiger partial charge is 0.191 e. The van der Waals surface area contributed by atoms with Gasteiger partial charge in [0.1, 0.15) is 0 Å². The average Bonchev–Trinajstić information content (AvgIpc) is 3.00. The molecule has 2 aromatic heterocycles. The van der Waals surface area contributed by atoms with E-state index in [2.05, 4.69) is 65.3 Å². The van der Waals surface area contributed by atoms with Gasteiger partial charge in [0, 0.05) is 42.7 Å². The molecule has 0 unspecified atom stereocenters. The van der Waals surface area contributed by atoms with Crippen LogP contribution in [0, 0.1) is 13.8 Å². The van der Waals surface area contributed by atoms with Crippen LogP contribution in [0.25, 0.3) is 0 Å². The topological polar surface area (TPSA) is 67.1 Å². The van der Waals surface area contributed by atoms with Crippen LogP contribution >= 0.6 is 24.0 Å². The molecule has 30 heavy (non-hydrogen) atoms. The molecule has 7 heteroatoms. The van der Waals surface area contributed by atoms with Gasteiger partial charge in [-0.05, 0) is 38.5 Å². The van der Waals surface area contributed by atoms with Gasteiger partial charge in [0.25, 0.3) is 0 Å². The second kappa shape index (κ2) is 12.3. The van der Waals surface area contributed by atoms with Crippen molar-refractivity contribution in [3.05, 3.63) is 82.9 Å². The van der Waals surface area contributed by atoms with Crippen molar-refractivity contribution in [2.24, 2.45) is 4.99 Å². The first-order chi connectivity index (χ1) is 14.2. The Morgan fingerprint density at radius 1 is 1.03 bits per heavy atom. The Hall–Kier alpha value is -2.42. The van der Waals surface area contributed by atoms with E-state index in [0.717, 1.165) is 43.4 Å². The van der Waals surface area contributed by atoms with Crippen LogP contribution < -0.4 is 10.6 Å². The molecule has 0 atom stereocenters. The quantitative estimate of drug-likeness (QED) is 0.270. The number of halogens is 1. The highest BCUT2D eigenvalue weighted by atomic mass is 127. The third-order valence-electron chi connectivity index (χ3n) is 4.85. The van der Waals surface area contributed by atoms with Crippen molar-refractivity contribution in [1.29, 1.82) is 0 Å². The first kappa shape index (κ1) is 23.9. The monoisotopic (exact) mass is 518 g/mol. The van der Waals surface area contributed by atoms with Gasteiger partial charge in [-0.3, -0.25) is 9.67 Å². The second-order valence-electron chi connectivity index (χ2n) is 6.99. The van der Waals surface area contributed by atoms with E-state index in [9.17, 15) is 0 Å². The van der Waals surface area contributed by atoms with Crippen molar-refractivity contribution in [2.75, 3.05) is 13.1 Å². The Morgan fingerprint density at radius 3 is 2.50 bits per heavy atom. The number of aliphatic imine (C=N–C) groups is 1. The molecular formula is C23H31IN6. The van der Waals surface area contributed by atoms with Crippen molar-refractivity contribution in [3.8, 4) is 0 Å². The van der Waals surface area contributed by atoms with Gasteiger partial charge >= 0.3 is 0 Å². The van der Waals surface area contributed by atoms with Gasteiger partial charge in [0.05, 0.1) is 18.8 Å². The third-order valence-corrected chi connectivity index (χ3v) is 4.85. The number of aryl methyl sites for hydroxylation is 1. The SMILES string of the molecule is CCNC(=NCc1c(C)nn(Cc2ccccc2)c1C)NCCc1ccccn1.I. The van der Waals surface area contributed by atoms with Crippen LogP contribution in [0.15, 0.2) is 59.7 Å². The number of guanidine groups is 1. The van der Waals surface area contributed by atoms with E-state index in [1.54, 1.807) is 0 Å². The molecule has 0 aliphatic heterocycles. The minimum Gasteiger partial charge on any atom is -0.357 e. The summed E-state index contributed by atoms with van der Waals surface area (Å²) in [5.41, 5.74) is 5.70. The molecule has 0 bridgehead atoms. The maximum atomic E-state index is 4.78. The van der Waals surface area contributed by atoms with Gasteiger partial charge in [-0.2, -0.15) is 5.10 Å². The number of rotatable bonds is 8. The van der Waals surface area contributed by atoms with Crippen molar-refractivity contribution < 1.29 is 0 Å². The van der Waals surface area contributed by atoms with Gasteiger partial charge in [0.15, 0.2) is 5.96 Å². The fraction of sp³-hybridized carbons (Fsp3) is 0.348. The Labute approximate surface area is 196 Å². The standard InChI is InChI=1S/C23H30N6.HI/c1-4-24-23(26-15-13-21-12-8-9-14-25-21)27-16-22-18(2)28-29(19(22)3)17-20-10-6-5-7-11-20;/h5-12,14H,4,13,15-17H2,1-3H3,(H2,24,26,27);1H. The van der Waals surface area contributed by atoms with Gasteiger partial charge in [-0.15, -0.1) is 24.0 Å². The number of aromatic nitrogens is 3. The van der Waals surface area contributed by atoms with Gasteiger partial charge in [0.2, 0.25) is 0 Å². The van der Waals surface area contributed by atoms with Crippen LogP contribution in [0.1, 0.15) is 35.1 Å². The largest absolute Gasteiger partial charge is 0.357 e. The first-order valence-corrected chi connectivity index (χ1v) is 10.2. The highest BCUT2D eigenvalue weighted by molar-refractivity contribution is 14.0. The Balaban J connectivity index is 0.00000320. The molecule has 0 saturated carbocycles. The zero-order valence-electron chi connectivity index (χ0n) is 17.9. The van der Waals surface area contributed by atoms with Gasteiger partial charge in [-0.1, -0.05) is 36.4 Å². The summed E-state index contributed by atoms with van der Waals surface area (Å²) in [6, 6.07) is 16.4. The molecule has 6 nitrogen and oxygen atoms in total. The lowest BCUT2D eigenvalue weighted by Crippen LogP contribution is -2.38. The van der Waals surface area contributed by atoms with Gasteiger partial charge < -0.3 is 10.6 Å². The predicted molar refractivity (Wildman–Crippen MR) is 133 cm³/mol. The highest BCUT2D eigenvalue weighted by Crippen LogP contribution is 2.16. The van der Waals surface area contributed by atoms with Gasteiger partial charge in [-0.25, -0.2) is 4.99 Å². The molecule has 3 rings (SSSR count). The zero-order chi connectivity index (χ0) is 20.5. The average molecular weight is 518 g/mol. The van der Waals surface area contributed by atoms with E-state index < -0.39 is 0 Å². The van der Waals surface area contributed by atoms with Crippen molar-refractivity contribution >= 4 is 29.9 Å². The Bertz CT molecular complexity index is 922. The van der Waals surface area contributed by atoms with Crippen molar-refractivity contribution in [2.45, 2.75) is 40.3 Å². The van der Waals surface area contributed by atoms with Crippen LogP contribution in [0.3, 0.4) is 0 Å². The molecule has 0 amide bonds. The number of pyridine rings is 1.